The van der Waals surface area contributed by atoms with Gasteiger partial charge in [-0.2, -0.15) is 0 Å². The molecule has 0 N–H and O–H groups in total. The lowest BCUT2D eigenvalue weighted by Gasteiger charge is -2.38. The Morgan fingerprint density at radius 1 is 1.04 bits per heavy atom. The fourth-order valence-electron chi connectivity index (χ4n) is 4.89. The molecule has 0 bridgehead atoms. The van der Waals surface area contributed by atoms with E-state index in [0.29, 0.717) is 11.7 Å². The summed E-state index contributed by atoms with van der Waals surface area (Å²) in [7, 11) is 3.30. The van der Waals surface area contributed by atoms with Crippen LogP contribution >= 0.6 is 0 Å². The molecule has 1 saturated carbocycles. The second-order valence-electron chi connectivity index (χ2n) is 7.24. The van der Waals surface area contributed by atoms with Crippen LogP contribution in [0.4, 0.5) is 0 Å². The Labute approximate surface area is 149 Å². The zero-order valence-corrected chi connectivity index (χ0v) is 14.9. The number of rotatable bonds is 4. The molecule has 3 nitrogen and oxygen atoms in total. The van der Waals surface area contributed by atoms with Crippen LogP contribution in [-0.4, -0.2) is 20.0 Å². The fourth-order valence-corrected chi connectivity index (χ4v) is 4.89. The quantitative estimate of drug-likeness (QED) is 0.805. The minimum atomic E-state index is -0.290. The third-order valence-electron chi connectivity index (χ3n) is 6.03. The Bertz CT molecular complexity index is 811. The predicted octanol–water partition coefficient (Wildman–Crippen LogP) is 4.79. The Kier molecular flexibility index (Phi) is 4.03. The number of ketones is 1. The maximum absolute atomic E-state index is 13.4. The lowest BCUT2D eigenvalue weighted by Crippen LogP contribution is -2.36. The standard InChI is InChI=1S/C22H24O3/c1-24-19-11-10-15(13-20(19)25-2)14-22-12-6-5-9-18(22)16-7-3-4-8-17(16)21(22)23/h3-4,7-8,10-11,13,18H,5-6,9,12,14H2,1-2H3. The summed E-state index contributed by atoms with van der Waals surface area (Å²) in [5.74, 6) is 2.14. The second kappa shape index (κ2) is 6.21. The third-order valence-corrected chi connectivity index (χ3v) is 6.03. The maximum atomic E-state index is 13.4. The normalized spacial score (nSPS) is 24.6. The van der Waals surface area contributed by atoms with Crippen molar-refractivity contribution in [2.24, 2.45) is 5.41 Å². The molecule has 0 saturated heterocycles. The van der Waals surface area contributed by atoms with Crippen molar-refractivity contribution >= 4 is 5.78 Å². The first-order valence-electron chi connectivity index (χ1n) is 9.04. The van der Waals surface area contributed by atoms with Gasteiger partial charge in [-0.05, 0) is 48.4 Å². The maximum Gasteiger partial charge on any atom is 0.170 e. The van der Waals surface area contributed by atoms with Gasteiger partial charge in [0.1, 0.15) is 0 Å². The van der Waals surface area contributed by atoms with Crippen LogP contribution in [0.25, 0.3) is 0 Å². The van der Waals surface area contributed by atoms with Crippen molar-refractivity contribution in [3.63, 3.8) is 0 Å². The highest BCUT2D eigenvalue weighted by atomic mass is 16.5. The molecule has 2 unspecified atom stereocenters. The molecule has 130 valence electrons. The third kappa shape index (κ3) is 2.45. The largest absolute Gasteiger partial charge is 0.493 e. The Hall–Kier alpha value is -2.29. The average Bonchev–Trinajstić information content (AvgIpc) is 2.91. The second-order valence-corrected chi connectivity index (χ2v) is 7.24. The van der Waals surface area contributed by atoms with Crippen LogP contribution in [-0.2, 0) is 6.42 Å². The summed E-state index contributed by atoms with van der Waals surface area (Å²) in [5, 5.41) is 0. The highest BCUT2D eigenvalue weighted by Crippen LogP contribution is 2.56. The predicted molar refractivity (Wildman–Crippen MR) is 97.7 cm³/mol. The van der Waals surface area contributed by atoms with E-state index in [-0.39, 0.29) is 5.41 Å². The van der Waals surface area contributed by atoms with Crippen molar-refractivity contribution < 1.29 is 14.3 Å². The first-order valence-corrected chi connectivity index (χ1v) is 9.04. The number of hydrogen-bond acceptors (Lipinski definition) is 3. The summed E-state index contributed by atoms with van der Waals surface area (Å²) in [4.78, 5) is 13.4. The van der Waals surface area contributed by atoms with Crippen molar-refractivity contribution in [2.45, 2.75) is 38.0 Å². The number of ether oxygens (including phenoxy) is 2. The average molecular weight is 336 g/mol. The first-order chi connectivity index (χ1) is 12.2. The van der Waals surface area contributed by atoms with Gasteiger partial charge in [0.25, 0.3) is 0 Å². The van der Waals surface area contributed by atoms with Crippen LogP contribution in [0.1, 0.15) is 53.1 Å². The number of benzene rings is 2. The molecule has 0 aromatic heterocycles. The van der Waals surface area contributed by atoms with Gasteiger partial charge in [-0.1, -0.05) is 43.2 Å². The molecule has 0 spiro atoms. The van der Waals surface area contributed by atoms with Crippen LogP contribution < -0.4 is 9.47 Å². The van der Waals surface area contributed by atoms with E-state index in [9.17, 15) is 4.79 Å². The molecule has 2 atom stereocenters. The van der Waals surface area contributed by atoms with Crippen LogP contribution in [0.15, 0.2) is 42.5 Å². The molecule has 0 radical (unpaired) electrons. The molecule has 0 aliphatic heterocycles. The zero-order chi connectivity index (χ0) is 17.4. The minimum Gasteiger partial charge on any atom is -0.493 e. The topological polar surface area (TPSA) is 35.5 Å². The summed E-state index contributed by atoms with van der Waals surface area (Å²) in [6.07, 6.45) is 5.19. The van der Waals surface area contributed by atoms with Crippen molar-refractivity contribution in [3.05, 3.63) is 59.2 Å². The van der Waals surface area contributed by atoms with Gasteiger partial charge in [0.2, 0.25) is 0 Å². The summed E-state index contributed by atoms with van der Waals surface area (Å²) in [5.41, 5.74) is 3.05. The van der Waals surface area contributed by atoms with Gasteiger partial charge in [-0.3, -0.25) is 4.79 Å². The zero-order valence-electron chi connectivity index (χ0n) is 14.9. The van der Waals surface area contributed by atoms with E-state index >= 15 is 0 Å². The number of carbonyl (C=O) groups excluding carboxylic acids is 1. The van der Waals surface area contributed by atoms with Crippen molar-refractivity contribution in [1.29, 1.82) is 0 Å². The van der Waals surface area contributed by atoms with E-state index < -0.39 is 0 Å². The summed E-state index contributed by atoms with van der Waals surface area (Å²) >= 11 is 0. The minimum absolute atomic E-state index is 0.290. The van der Waals surface area contributed by atoms with E-state index in [4.69, 9.17) is 9.47 Å². The Balaban J connectivity index is 1.74. The number of methoxy groups -OCH3 is 2. The molecule has 0 heterocycles. The van der Waals surface area contributed by atoms with Gasteiger partial charge in [-0.15, -0.1) is 0 Å². The molecule has 1 fully saturated rings. The van der Waals surface area contributed by atoms with E-state index in [1.54, 1.807) is 14.2 Å². The first kappa shape index (κ1) is 16.2. The van der Waals surface area contributed by atoms with Crippen molar-refractivity contribution in [2.75, 3.05) is 14.2 Å². The van der Waals surface area contributed by atoms with Gasteiger partial charge in [0, 0.05) is 11.0 Å². The van der Waals surface area contributed by atoms with E-state index in [1.807, 2.05) is 24.3 Å². The van der Waals surface area contributed by atoms with Crippen molar-refractivity contribution in [3.8, 4) is 11.5 Å². The molecular weight excluding hydrogens is 312 g/mol. The molecule has 2 aromatic carbocycles. The van der Waals surface area contributed by atoms with Crippen LogP contribution in [0, 0.1) is 5.41 Å². The van der Waals surface area contributed by atoms with Crippen LogP contribution in [0.5, 0.6) is 11.5 Å². The number of carbonyl (C=O) groups is 1. The summed E-state index contributed by atoms with van der Waals surface area (Å²) in [6.45, 7) is 0. The monoisotopic (exact) mass is 336 g/mol. The number of Topliss-reactive ketones (excluding diaryl/α,β-unsaturated/α-hetero) is 1. The van der Waals surface area contributed by atoms with Crippen LogP contribution in [0.3, 0.4) is 0 Å². The van der Waals surface area contributed by atoms with E-state index in [0.717, 1.165) is 48.3 Å². The van der Waals surface area contributed by atoms with Gasteiger partial charge in [0.05, 0.1) is 14.2 Å². The molecule has 2 aliphatic rings. The molecule has 3 heteroatoms. The summed E-state index contributed by atoms with van der Waals surface area (Å²) < 4.78 is 10.8. The van der Waals surface area contributed by atoms with Gasteiger partial charge >= 0.3 is 0 Å². The van der Waals surface area contributed by atoms with E-state index in [1.165, 1.54) is 12.0 Å². The number of hydrogen-bond donors (Lipinski definition) is 0. The van der Waals surface area contributed by atoms with Gasteiger partial charge in [0.15, 0.2) is 17.3 Å². The molecule has 25 heavy (non-hydrogen) atoms. The molecule has 2 aliphatic carbocycles. The lowest BCUT2D eigenvalue weighted by molar-refractivity contribution is 0.0705. The SMILES string of the molecule is COc1ccc(CC23CCCCC2c2ccccc2C3=O)cc1OC. The Morgan fingerprint density at radius 2 is 1.84 bits per heavy atom. The molecule has 4 rings (SSSR count). The smallest absolute Gasteiger partial charge is 0.170 e. The van der Waals surface area contributed by atoms with E-state index in [2.05, 4.69) is 18.2 Å². The Morgan fingerprint density at radius 3 is 2.64 bits per heavy atom. The van der Waals surface area contributed by atoms with Crippen LogP contribution in [0.2, 0.25) is 0 Å². The molecule has 0 amide bonds. The highest BCUT2D eigenvalue weighted by molar-refractivity contribution is 6.06. The molecular formula is C22H24O3. The fraction of sp³-hybridized carbons (Fsp3) is 0.409. The van der Waals surface area contributed by atoms with Crippen molar-refractivity contribution in [1.82, 2.24) is 0 Å². The molecule has 2 aromatic rings. The number of fused-ring (bicyclic) bond motifs is 3. The summed E-state index contributed by atoms with van der Waals surface area (Å²) in [6, 6.07) is 14.2. The highest BCUT2D eigenvalue weighted by Gasteiger charge is 2.53. The van der Waals surface area contributed by atoms with Gasteiger partial charge < -0.3 is 9.47 Å². The lowest BCUT2D eigenvalue weighted by atomic mass is 9.63. The van der Waals surface area contributed by atoms with Gasteiger partial charge in [-0.25, -0.2) is 0 Å².